The molecule has 2 heterocycles. The summed E-state index contributed by atoms with van der Waals surface area (Å²) in [5.74, 6) is -2.36. The molecular formula is C10H9NO5S. The molecule has 0 aromatic heterocycles. The third-order valence-electron chi connectivity index (χ3n) is 2.41. The van der Waals surface area contributed by atoms with E-state index in [-0.39, 0.29) is 23.4 Å². The SMILES string of the molecule is O=C(O)CC=CC1=C(C(=O)O)N2C(=O)C[C@@H]2S1. The van der Waals surface area contributed by atoms with Gasteiger partial charge in [-0.05, 0) is 6.08 Å². The van der Waals surface area contributed by atoms with Crippen molar-refractivity contribution in [3.63, 3.8) is 0 Å². The molecule has 2 aliphatic rings. The van der Waals surface area contributed by atoms with Crippen molar-refractivity contribution in [2.24, 2.45) is 0 Å². The number of β-lactam (4-membered cyclic amide) rings is 1. The Morgan fingerprint density at radius 3 is 2.71 bits per heavy atom. The number of fused-ring (bicyclic) bond motifs is 1. The summed E-state index contributed by atoms with van der Waals surface area (Å²) < 4.78 is 0. The molecule has 1 fully saturated rings. The van der Waals surface area contributed by atoms with Crippen molar-refractivity contribution in [3.05, 3.63) is 22.8 Å². The summed E-state index contributed by atoms with van der Waals surface area (Å²) in [7, 11) is 0. The van der Waals surface area contributed by atoms with Crippen LogP contribution in [-0.4, -0.2) is 38.3 Å². The second-order valence-corrected chi connectivity index (χ2v) is 4.78. The minimum atomic E-state index is -1.16. The fourth-order valence-electron chi connectivity index (χ4n) is 1.66. The van der Waals surface area contributed by atoms with Gasteiger partial charge < -0.3 is 10.2 Å². The van der Waals surface area contributed by atoms with Gasteiger partial charge in [0.1, 0.15) is 5.70 Å². The smallest absolute Gasteiger partial charge is 0.353 e. The Morgan fingerprint density at radius 2 is 2.18 bits per heavy atom. The van der Waals surface area contributed by atoms with Crippen LogP contribution in [-0.2, 0) is 14.4 Å². The number of nitrogens with zero attached hydrogens (tertiary/aromatic N) is 1. The Labute approximate surface area is 101 Å². The van der Waals surface area contributed by atoms with Gasteiger partial charge in [0.15, 0.2) is 0 Å². The first-order chi connectivity index (χ1) is 8.00. The van der Waals surface area contributed by atoms with Gasteiger partial charge in [0.25, 0.3) is 0 Å². The van der Waals surface area contributed by atoms with E-state index >= 15 is 0 Å². The highest BCUT2D eigenvalue weighted by Gasteiger charge is 2.47. The van der Waals surface area contributed by atoms with Crippen molar-refractivity contribution in [2.75, 3.05) is 0 Å². The zero-order valence-electron chi connectivity index (χ0n) is 8.62. The summed E-state index contributed by atoms with van der Waals surface area (Å²) >= 11 is 1.28. The van der Waals surface area contributed by atoms with Gasteiger partial charge in [-0.3, -0.25) is 14.5 Å². The molecule has 1 saturated heterocycles. The van der Waals surface area contributed by atoms with E-state index in [9.17, 15) is 14.4 Å². The lowest BCUT2D eigenvalue weighted by molar-refractivity contribution is -0.145. The van der Waals surface area contributed by atoms with Crippen LogP contribution in [0.25, 0.3) is 0 Å². The lowest BCUT2D eigenvalue weighted by atomic mass is 10.1. The highest BCUT2D eigenvalue weighted by molar-refractivity contribution is 8.04. The van der Waals surface area contributed by atoms with Crippen molar-refractivity contribution < 1.29 is 24.6 Å². The maximum absolute atomic E-state index is 11.3. The summed E-state index contributed by atoms with van der Waals surface area (Å²) in [5, 5.41) is 17.3. The largest absolute Gasteiger partial charge is 0.481 e. The molecule has 1 amide bonds. The number of allylic oxidation sites excluding steroid dienone is 1. The van der Waals surface area contributed by atoms with Gasteiger partial charge in [-0.25, -0.2) is 4.79 Å². The molecule has 0 spiro atoms. The number of carboxylic acid groups (broad SMARTS) is 2. The number of hydrogen-bond acceptors (Lipinski definition) is 4. The molecular weight excluding hydrogens is 246 g/mol. The summed E-state index contributed by atoms with van der Waals surface area (Å²) in [6.07, 6.45) is 2.99. The molecule has 90 valence electrons. The molecule has 2 aliphatic heterocycles. The Bertz CT molecular complexity index is 467. The molecule has 0 aromatic carbocycles. The van der Waals surface area contributed by atoms with Gasteiger partial charge in [0.2, 0.25) is 5.91 Å². The van der Waals surface area contributed by atoms with Crippen LogP contribution in [0.3, 0.4) is 0 Å². The average molecular weight is 255 g/mol. The van der Waals surface area contributed by atoms with Gasteiger partial charge in [-0.2, -0.15) is 0 Å². The molecule has 0 radical (unpaired) electrons. The molecule has 0 aliphatic carbocycles. The summed E-state index contributed by atoms with van der Waals surface area (Å²) in [5.41, 5.74) is -0.0436. The summed E-state index contributed by atoms with van der Waals surface area (Å²) in [6.45, 7) is 0. The van der Waals surface area contributed by atoms with E-state index in [0.29, 0.717) is 11.3 Å². The van der Waals surface area contributed by atoms with Crippen molar-refractivity contribution in [1.82, 2.24) is 4.90 Å². The van der Waals surface area contributed by atoms with Gasteiger partial charge in [0, 0.05) is 4.91 Å². The minimum absolute atomic E-state index is 0.0436. The number of thioether (sulfide) groups is 1. The molecule has 2 rings (SSSR count). The monoisotopic (exact) mass is 255 g/mol. The molecule has 17 heavy (non-hydrogen) atoms. The van der Waals surface area contributed by atoms with Crippen LogP contribution in [0.2, 0.25) is 0 Å². The Hall–Kier alpha value is -1.76. The van der Waals surface area contributed by atoms with Crippen LogP contribution < -0.4 is 0 Å². The highest BCUT2D eigenvalue weighted by atomic mass is 32.2. The number of aliphatic carboxylic acids is 2. The fourth-order valence-corrected chi connectivity index (χ4v) is 2.98. The normalized spacial score (nSPS) is 22.9. The predicted molar refractivity (Wildman–Crippen MR) is 58.9 cm³/mol. The first-order valence-electron chi connectivity index (χ1n) is 4.85. The van der Waals surface area contributed by atoms with E-state index in [4.69, 9.17) is 10.2 Å². The van der Waals surface area contributed by atoms with Crippen LogP contribution in [0, 0.1) is 0 Å². The van der Waals surface area contributed by atoms with E-state index < -0.39 is 11.9 Å². The predicted octanol–water partition coefficient (Wildman–Crippen LogP) is 0.619. The summed E-state index contributed by atoms with van der Waals surface area (Å²) in [4.78, 5) is 34.3. The Kier molecular flexibility index (Phi) is 2.93. The second kappa shape index (κ2) is 4.25. The number of carbonyl (C=O) groups excluding carboxylic acids is 1. The fraction of sp³-hybridized carbons (Fsp3) is 0.300. The van der Waals surface area contributed by atoms with Crippen LogP contribution in [0.15, 0.2) is 22.8 Å². The molecule has 6 nitrogen and oxygen atoms in total. The lowest BCUT2D eigenvalue weighted by Crippen LogP contribution is -2.48. The average Bonchev–Trinajstić information content (AvgIpc) is 2.50. The first-order valence-corrected chi connectivity index (χ1v) is 5.73. The Balaban J connectivity index is 2.20. The third-order valence-corrected chi connectivity index (χ3v) is 3.64. The molecule has 0 bridgehead atoms. The number of hydrogen-bond donors (Lipinski definition) is 2. The van der Waals surface area contributed by atoms with Gasteiger partial charge >= 0.3 is 11.9 Å². The molecule has 2 N–H and O–H groups in total. The lowest BCUT2D eigenvalue weighted by Gasteiger charge is -2.33. The minimum Gasteiger partial charge on any atom is -0.481 e. The van der Waals surface area contributed by atoms with Gasteiger partial charge in [0.05, 0.1) is 18.2 Å². The van der Waals surface area contributed by atoms with E-state index in [1.54, 1.807) is 0 Å². The van der Waals surface area contributed by atoms with E-state index in [1.807, 2.05) is 0 Å². The maximum atomic E-state index is 11.3. The van der Waals surface area contributed by atoms with Crippen LogP contribution >= 0.6 is 11.8 Å². The molecule has 1 atom stereocenters. The van der Waals surface area contributed by atoms with E-state index in [1.165, 1.54) is 28.8 Å². The number of carboxylic acids is 2. The Morgan fingerprint density at radius 1 is 1.47 bits per heavy atom. The highest BCUT2D eigenvalue weighted by Crippen LogP contribution is 2.46. The third kappa shape index (κ3) is 2.05. The number of rotatable bonds is 4. The molecule has 0 unspecified atom stereocenters. The zero-order chi connectivity index (χ0) is 12.6. The first kappa shape index (κ1) is 11.7. The second-order valence-electron chi connectivity index (χ2n) is 3.56. The molecule has 7 heteroatoms. The summed E-state index contributed by atoms with van der Waals surface area (Å²) in [6, 6.07) is 0. The number of carbonyl (C=O) groups is 3. The standard InChI is InChI=1S/C10H9NO5S/c12-6-4-7-11(6)9(10(15)16)5(17-7)2-1-3-8(13)14/h1-2,7H,3-4H2,(H,13,14)(H,15,16)/t7-/m0/s1. The molecule has 0 aromatic rings. The molecule has 0 saturated carbocycles. The van der Waals surface area contributed by atoms with Crippen molar-refractivity contribution >= 4 is 29.6 Å². The van der Waals surface area contributed by atoms with Gasteiger partial charge in [-0.15, -0.1) is 0 Å². The zero-order valence-corrected chi connectivity index (χ0v) is 9.44. The maximum Gasteiger partial charge on any atom is 0.353 e. The number of amides is 1. The van der Waals surface area contributed by atoms with E-state index in [0.717, 1.165) is 0 Å². The van der Waals surface area contributed by atoms with Crippen LogP contribution in [0.5, 0.6) is 0 Å². The van der Waals surface area contributed by atoms with Gasteiger partial charge in [-0.1, -0.05) is 17.8 Å². The quantitative estimate of drug-likeness (QED) is 0.715. The van der Waals surface area contributed by atoms with E-state index in [2.05, 4.69) is 0 Å². The van der Waals surface area contributed by atoms with Crippen molar-refractivity contribution in [2.45, 2.75) is 18.2 Å². The van der Waals surface area contributed by atoms with Crippen molar-refractivity contribution in [1.29, 1.82) is 0 Å². The van der Waals surface area contributed by atoms with Crippen molar-refractivity contribution in [3.8, 4) is 0 Å². The topological polar surface area (TPSA) is 94.9 Å². The van der Waals surface area contributed by atoms with Crippen LogP contribution in [0.1, 0.15) is 12.8 Å². The van der Waals surface area contributed by atoms with Crippen LogP contribution in [0.4, 0.5) is 0 Å².